The van der Waals surface area contributed by atoms with Crippen LogP contribution in [-0.4, -0.2) is 40.2 Å². The van der Waals surface area contributed by atoms with Crippen molar-refractivity contribution in [3.63, 3.8) is 0 Å². The molecule has 0 saturated heterocycles. The number of nitrogens with zero attached hydrogens (tertiary/aromatic N) is 1. The quantitative estimate of drug-likeness (QED) is 0.726. The van der Waals surface area contributed by atoms with E-state index >= 15 is 0 Å². The third kappa shape index (κ3) is 2.50. The van der Waals surface area contributed by atoms with Gasteiger partial charge in [0.1, 0.15) is 0 Å². The molecule has 7 nitrogen and oxygen atoms in total. The van der Waals surface area contributed by atoms with Crippen LogP contribution in [0.4, 0.5) is 0 Å². The molecule has 2 N–H and O–H groups in total. The van der Waals surface area contributed by atoms with Crippen molar-refractivity contribution in [2.45, 2.75) is 13.8 Å². The summed E-state index contributed by atoms with van der Waals surface area (Å²) in [7, 11) is 0. The molecule has 0 bridgehead atoms. The molecular weight excluding hydrogens is 216 g/mol. The summed E-state index contributed by atoms with van der Waals surface area (Å²) in [6, 6.07) is 0. The maximum Gasteiger partial charge on any atom is 0.374 e. The van der Waals surface area contributed by atoms with Crippen LogP contribution in [0.3, 0.4) is 0 Å². The molecule has 16 heavy (non-hydrogen) atoms. The van der Waals surface area contributed by atoms with E-state index < -0.39 is 17.8 Å². The van der Waals surface area contributed by atoms with Gasteiger partial charge < -0.3 is 19.6 Å². The van der Waals surface area contributed by atoms with E-state index in [1.54, 1.807) is 13.8 Å². The minimum atomic E-state index is -0.775. The standard InChI is InChI=1S/C9H12N2O5/c1-3-15-8(13)5-7(12)11-6(10-5)9(14)16-4-2/h12H,3-4H2,1-2H3,(H,10,11). The first kappa shape index (κ1) is 12.0. The number of hydrogen-bond donors (Lipinski definition) is 2. The van der Waals surface area contributed by atoms with Crippen molar-refractivity contribution < 1.29 is 24.2 Å². The molecule has 0 atom stereocenters. The molecule has 1 aromatic rings. The summed E-state index contributed by atoms with van der Waals surface area (Å²) < 4.78 is 9.28. The smallest absolute Gasteiger partial charge is 0.374 e. The number of rotatable bonds is 4. The zero-order valence-electron chi connectivity index (χ0n) is 8.94. The fourth-order valence-electron chi connectivity index (χ4n) is 1.01. The van der Waals surface area contributed by atoms with E-state index in [0.717, 1.165) is 0 Å². The van der Waals surface area contributed by atoms with Gasteiger partial charge in [-0.25, -0.2) is 9.59 Å². The lowest BCUT2D eigenvalue weighted by Gasteiger charge is -1.98. The Balaban J connectivity index is 2.89. The normalized spacial score (nSPS) is 9.88. The van der Waals surface area contributed by atoms with Crippen LogP contribution in [0.15, 0.2) is 0 Å². The molecule has 0 unspecified atom stereocenters. The van der Waals surface area contributed by atoms with Gasteiger partial charge in [0.15, 0.2) is 5.69 Å². The van der Waals surface area contributed by atoms with Crippen LogP contribution in [0, 0.1) is 0 Å². The second-order valence-corrected chi connectivity index (χ2v) is 2.72. The molecule has 0 spiro atoms. The molecule has 88 valence electrons. The summed E-state index contributed by atoms with van der Waals surface area (Å²) >= 11 is 0. The molecule has 1 heterocycles. The van der Waals surface area contributed by atoms with Gasteiger partial charge in [0.25, 0.3) is 0 Å². The Morgan fingerprint density at radius 3 is 2.38 bits per heavy atom. The van der Waals surface area contributed by atoms with Gasteiger partial charge in [0.05, 0.1) is 13.2 Å². The maximum absolute atomic E-state index is 11.3. The number of ether oxygens (including phenoxy) is 2. The summed E-state index contributed by atoms with van der Waals surface area (Å²) in [6.45, 7) is 3.59. The average molecular weight is 228 g/mol. The lowest BCUT2D eigenvalue weighted by Crippen LogP contribution is -2.08. The van der Waals surface area contributed by atoms with Crippen LogP contribution in [0.1, 0.15) is 35.0 Å². The Morgan fingerprint density at radius 1 is 1.25 bits per heavy atom. The summed E-state index contributed by atoms with van der Waals surface area (Å²) in [5, 5.41) is 9.29. The molecule has 0 aromatic carbocycles. The number of aromatic hydroxyl groups is 1. The Labute approximate surface area is 91.4 Å². The Morgan fingerprint density at radius 2 is 1.81 bits per heavy atom. The van der Waals surface area contributed by atoms with Crippen molar-refractivity contribution >= 4 is 11.9 Å². The van der Waals surface area contributed by atoms with Crippen LogP contribution in [0.5, 0.6) is 5.88 Å². The number of carbonyl (C=O) groups is 2. The van der Waals surface area contributed by atoms with Crippen LogP contribution in [-0.2, 0) is 9.47 Å². The van der Waals surface area contributed by atoms with Gasteiger partial charge in [-0.3, -0.25) is 0 Å². The molecule has 0 amide bonds. The molecule has 0 fully saturated rings. The maximum atomic E-state index is 11.3. The van der Waals surface area contributed by atoms with Crippen LogP contribution >= 0.6 is 0 Å². The number of aromatic amines is 1. The van der Waals surface area contributed by atoms with E-state index in [9.17, 15) is 14.7 Å². The largest absolute Gasteiger partial charge is 0.492 e. The van der Waals surface area contributed by atoms with Gasteiger partial charge >= 0.3 is 11.9 Å². The average Bonchev–Trinajstić information content (AvgIpc) is 2.61. The Kier molecular flexibility index (Phi) is 3.87. The molecule has 0 aliphatic carbocycles. The molecule has 1 rings (SSSR count). The highest BCUT2D eigenvalue weighted by Crippen LogP contribution is 2.14. The summed E-state index contributed by atoms with van der Waals surface area (Å²) in [6.07, 6.45) is 0. The molecule has 1 aromatic heterocycles. The van der Waals surface area contributed by atoms with E-state index in [1.807, 2.05) is 0 Å². The minimum absolute atomic E-state index is 0.159. The number of aromatic nitrogens is 2. The van der Waals surface area contributed by atoms with E-state index in [4.69, 9.17) is 0 Å². The highest BCUT2D eigenvalue weighted by molar-refractivity contribution is 5.93. The molecule has 0 aliphatic heterocycles. The lowest BCUT2D eigenvalue weighted by atomic mass is 10.5. The highest BCUT2D eigenvalue weighted by Gasteiger charge is 2.21. The van der Waals surface area contributed by atoms with Crippen LogP contribution < -0.4 is 0 Å². The van der Waals surface area contributed by atoms with E-state index in [2.05, 4.69) is 19.4 Å². The van der Waals surface area contributed by atoms with E-state index in [0.29, 0.717) is 0 Å². The van der Waals surface area contributed by atoms with E-state index in [1.165, 1.54) is 0 Å². The third-order valence-electron chi connectivity index (χ3n) is 1.63. The number of esters is 2. The fraction of sp³-hybridized carbons (Fsp3) is 0.444. The Bertz CT molecular complexity index is 399. The zero-order valence-corrected chi connectivity index (χ0v) is 8.94. The third-order valence-corrected chi connectivity index (χ3v) is 1.63. The van der Waals surface area contributed by atoms with Crippen molar-refractivity contribution in [2.24, 2.45) is 0 Å². The number of carbonyl (C=O) groups excluding carboxylic acids is 2. The number of imidazole rings is 1. The predicted molar refractivity (Wildman–Crippen MR) is 52.2 cm³/mol. The van der Waals surface area contributed by atoms with Crippen molar-refractivity contribution in [3.05, 3.63) is 11.5 Å². The first-order valence-corrected chi connectivity index (χ1v) is 4.73. The lowest BCUT2D eigenvalue weighted by molar-refractivity contribution is 0.0512. The summed E-state index contributed by atoms with van der Waals surface area (Å²) in [5.74, 6) is -2.33. The Hall–Kier alpha value is -2.05. The molecule has 0 aliphatic rings. The first-order valence-electron chi connectivity index (χ1n) is 4.73. The zero-order chi connectivity index (χ0) is 12.1. The second kappa shape index (κ2) is 5.15. The van der Waals surface area contributed by atoms with Gasteiger partial charge in [-0.2, -0.15) is 4.98 Å². The van der Waals surface area contributed by atoms with Crippen molar-refractivity contribution in [2.75, 3.05) is 13.2 Å². The first-order chi connectivity index (χ1) is 7.60. The predicted octanol–water partition coefficient (Wildman–Crippen LogP) is 0.469. The number of H-pyrrole nitrogens is 1. The van der Waals surface area contributed by atoms with Crippen LogP contribution in [0.25, 0.3) is 0 Å². The summed E-state index contributed by atoms with van der Waals surface area (Å²) in [4.78, 5) is 28.3. The van der Waals surface area contributed by atoms with Gasteiger partial charge in [0, 0.05) is 0 Å². The van der Waals surface area contributed by atoms with Crippen molar-refractivity contribution in [1.29, 1.82) is 0 Å². The van der Waals surface area contributed by atoms with Crippen LogP contribution in [0.2, 0.25) is 0 Å². The molecule has 0 radical (unpaired) electrons. The van der Waals surface area contributed by atoms with Gasteiger partial charge in [-0.1, -0.05) is 0 Å². The highest BCUT2D eigenvalue weighted by atomic mass is 16.5. The number of hydrogen-bond acceptors (Lipinski definition) is 6. The molecule has 0 saturated carbocycles. The summed E-state index contributed by atoms with van der Waals surface area (Å²) in [5.41, 5.74) is -0.259. The molecule has 7 heteroatoms. The minimum Gasteiger partial charge on any atom is -0.492 e. The second-order valence-electron chi connectivity index (χ2n) is 2.72. The SMILES string of the molecule is CCOC(=O)c1nc(O)c(C(=O)OCC)[nH]1. The van der Waals surface area contributed by atoms with Crippen molar-refractivity contribution in [1.82, 2.24) is 9.97 Å². The monoisotopic (exact) mass is 228 g/mol. The number of nitrogens with one attached hydrogen (secondary N) is 1. The van der Waals surface area contributed by atoms with Gasteiger partial charge in [-0.05, 0) is 13.8 Å². The van der Waals surface area contributed by atoms with Gasteiger partial charge in [0.2, 0.25) is 11.7 Å². The topological polar surface area (TPSA) is 102 Å². The van der Waals surface area contributed by atoms with E-state index in [-0.39, 0.29) is 24.7 Å². The fourth-order valence-corrected chi connectivity index (χ4v) is 1.01. The molecular formula is C9H12N2O5. The van der Waals surface area contributed by atoms with Crippen molar-refractivity contribution in [3.8, 4) is 5.88 Å². The van der Waals surface area contributed by atoms with Gasteiger partial charge in [-0.15, -0.1) is 0 Å².